The monoisotopic (exact) mass is 215 g/mol. The van der Waals surface area contributed by atoms with E-state index >= 15 is 0 Å². The van der Waals surface area contributed by atoms with E-state index in [1.807, 2.05) is 6.92 Å². The molecule has 0 aliphatic heterocycles. The quantitative estimate of drug-likeness (QED) is 0.473. The predicted octanol–water partition coefficient (Wildman–Crippen LogP) is 0.298. The van der Waals surface area contributed by atoms with Gasteiger partial charge in [0.2, 0.25) is 0 Å². The average molecular weight is 215 g/mol. The second kappa shape index (κ2) is 6.42. The lowest BCUT2D eigenvalue weighted by Gasteiger charge is -2.06. The molecule has 2 N–H and O–H groups in total. The van der Waals surface area contributed by atoms with Crippen molar-refractivity contribution in [1.82, 2.24) is 5.32 Å². The summed E-state index contributed by atoms with van der Waals surface area (Å²) in [6, 6.07) is 0. The van der Waals surface area contributed by atoms with Gasteiger partial charge in [0.15, 0.2) is 0 Å². The third kappa shape index (κ3) is 5.39. The summed E-state index contributed by atoms with van der Waals surface area (Å²) >= 11 is 0. The van der Waals surface area contributed by atoms with E-state index in [2.05, 4.69) is 11.4 Å². The fraction of sp³-hybridized carbons (Fsp3) is 0.700. The number of alkyl carbamates (subject to hydrolysis) is 1. The third-order valence-corrected chi connectivity index (χ3v) is 2.09. The Morgan fingerprint density at radius 3 is 2.93 bits per heavy atom. The Morgan fingerprint density at radius 2 is 2.33 bits per heavy atom. The highest BCUT2D eigenvalue weighted by Gasteiger charge is 2.21. The normalized spacial score (nSPS) is 18.3. The van der Waals surface area contributed by atoms with Gasteiger partial charge in [-0.1, -0.05) is 11.6 Å². The van der Waals surface area contributed by atoms with Crippen LogP contribution in [0, 0.1) is 5.92 Å². The number of hydrogen-bond acceptors (Lipinski definition) is 4. The predicted molar refractivity (Wildman–Crippen MR) is 54.5 cm³/mol. The van der Waals surface area contributed by atoms with Crippen molar-refractivity contribution in [2.24, 2.45) is 5.92 Å². The average Bonchev–Trinajstić information content (AvgIpc) is 2.91. The lowest BCUT2D eigenvalue weighted by atomic mass is 10.3. The Hall–Kier alpha value is -1.07. The van der Waals surface area contributed by atoms with Crippen molar-refractivity contribution in [3.63, 3.8) is 0 Å². The van der Waals surface area contributed by atoms with Gasteiger partial charge in [-0.25, -0.2) is 4.79 Å². The van der Waals surface area contributed by atoms with Crippen LogP contribution in [0.5, 0.6) is 0 Å². The van der Waals surface area contributed by atoms with E-state index in [1.54, 1.807) is 0 Å². The van der Waals surface area contributed by atoms with E-state index in [1.165, 1.54) is 5.57 Å². The van der Waals surface area contributed by atoms with Crippen molar-refractivity contribution >= 4 is 6.09 Å². The molecule has 1 aliphatic rings. The number of carbonyl (C=O) groups is 1. The molecule has 0 fully saturated rings. The molecule has 0 spiro atoms. The number of hydrogen-bond donors (Lipinski definition) is 2. The Bertz CT molecular complexity index is 240. The van der Waals surface area contributed by atoms with E-state index in [0.29, 0.717) is 32.3 Å². The molecule has 0 bridgehead atoms. The molecule has 5 nitrogen and oxygen atoms in total. The molecule has 0 aromatic carbocycles. The molecule has 0 aromatic heterocycles. The molecule has 86 valence electrons. The number of rotatable bonds is 7. The molecule has 0 saturated carbocycles. The lowest BCUT2D eigenvalue weighted by Crippen LogP contribution is -2.28. The molecule has 0 saturated heterocycles. The molecule has 1 unspecified atom stereocenters. The topological polar surface area (TPSA) is 67.8 Å². The molecule has 1 atom stereocenters. The van der Waals surface area contributed by atoms with E-state index in [9.17, 15) is 4.79 Å². The van der Waals surface area contributed by atoms with Gasteiger partial charge in [-0.3, -0.25) is 0 Å². The lowest BCUT2D eigenvalue weighted by molar-refractivity contribution is 0.0905. The van der Waals surface area contributed by atoms with Crippen molar-refractivity contribution in [3.05, 3.63) is 11.6 Å². The summed E-state index contributed by atoms with van der Waals surface area (Å²) in [5, 5.41) is 11.0. The second-order valence-electron chi connectivity index (χ2n) is 3.38. The molecule has 1 amide bonds. The van der Waals surface area contributed by atoms with E-state index in [4.69, 9.17) is 14.6 Å². The number of nitrogens with one attached hydrogen (secondary N) is 1. The first kappa shape index (κ1) is 12.0. The Labute approximate surface area is 89.1 Å². The highest BCUT2D eigenvalue weighted by atomic mass is 16.5. The van der Waals surface area contributed by atoms with Gasteiger partial charge in [0.25, 0.3) is 0 Å². The SMILES string of the molecule is CC1=CC1COC(=O)NCCOCCO. The zero-order valence-electron chi connectivity index (χ0n) is 8.86. The van der Waals surface area contributed by atoms with E-state index in [0.717, 1.165) is 0 Å². The number of amides is 1. The molecule has 5 heteroatoms. The summed E-state index contributed by atoms with van der Waals surface area (Å²) in [4.78, 5) is 11.1. The number of ether oxygens (including phenoxy) is 2. The summed E-state index contributed by atoms with van der Waals surface area (Å²) in [6.45, 7) is 3.51. The van der Waals surface area contributed by atoms with Crippen LogP contribution in [0.2, 0.25) is 0 Å². The second-order valence-corrected chi connectivity index (χ2v) is 3.38. The minimum atomic E-state index is -0.421. The summed E-state index contributed by atoms with van der Waals surface area (Å²) < 4.78 is 9.89. The maximum atomic E-state index is 11.1. The smallest absolute Gasteiger partial charge is 0.407 e. The summed E-state index contributed by atoms with van der Waals surface area (Å²) in [6.07, 6.45) is 1.63. The molecular weight excluding hydrogens is 198 g/mol. The number of carbonyl (C=O) groups excluding carboxylic acids is 1. The van der Waals surface area contributed by atoms with Crippen LogP contribution in [-0.2, 0) is 9.47 Å². The zero-order valence-corrected chi connectivity index (χ0v) is 8.86. The molecule has 0 heterocycles. The van der Waals surface area contributed by atoms with Gasteiger partial charge in [-0.05, 0) is 6.92 Å². The van der Waals surface area contributed by atoms with Crippen molar-refractivity contribution in [1.29, 1.82) is 0 Å². The maximum absolute atomic E-state index is 11.1. The first-order valence-electron chi connectivity index (χ1n) is 5.01. The first-order chi connectivity index (χ1) is 7.24. The molecule has 1 aliphatic carbocycles. The molecule has 1 rings (SSSR count). The highest BCUT2D eigenvalue weighted by molar-refractivity contribution is 5.67. The fourth-order valence-electron chi connectivity index (χ4n) is 1.06. The minimum Gasteiger partial charge on any atom is -0.449 e. The minimum absolute atomic E-state index is 0.00290. The van der Waals surface area contributed by atoms with E-state index in [-0.39, 0.29) is 6.61 Å². The molecule has 0 radical (unpaired) electrons. The molecular formula is C10H17NO4. The summed E-state index contributed by atoms with van der Waals surface area (Å²) in [5.74, 6) is 0.349. The van der Waals surface area contributed by atoms with Gasteiger partial charge in [0.05, 0.1) is 19.8 Å². The third-order valence-electron chi connectivity index (χ3n) is 2.09. The van der Waals surface area contributed by atoms with Crippen molar-refractivity contribution in [2.75, 3.05) is 33.0 Å². The van der Waals surface area contributed by atoms with Crippen LogP contribution in [0.25, 0.3) is 0 Å². The van der Waals surface area contributed by atoms with Crippen LogP contribution in [0.4, 0.5) is 4.79 Å². The van der Waals surface area contributed by atoms with Gasteiger partial charge in [-0.15, -0.1) is 0 Å². The van der Waals surface area contributed by atoms with Crippen molar-refractivity contribution in [2.45, 2.75) is 6.92 Å². The number of aliphatic hydroxyl groups excluding tert-OH is 1. The Morgan fingerprint density at radius 1 is 1.60 bits per heavy atom. The Kier molecular flexibility index (Phi) is 5.14. The van der Waals surface area contributed by atoms with Crippen LogP contribution in [0.15, 0.2) is 11.6 Å². The molecule has 15 heavy (non-hydrogen) atoms. The summed E-state index contributed by atoms with van der Waals surface area (Å²) in [5.41, 5.74) is 1.27. The number of aliphatic hydroxyl groups is 1. The van der Waals surface area contributed by atoms with Crippen LogP contribution in [0.1, 0.15) is 6.92 Å². The highest BCUT2D eigenvalue weighted by Crippen LogP contribution is 2.27. The standard InChI is InChI=1S/C10H17NO4/c1-8-6-9(8)7-15-10(13)11-2-4-14-5-3-12/h6,9,12H,2-5,7H2,1H3,(H,11,13). The van der Waals surface area contributed by atoms with E-state index < -0.39 is 6.09 Å². The Balaban J connectivity index is 1.85. The largest absolute Gasteiger partial charge is 0.449 e. The van der Waals surface area contributed by atoms with Gasteiger partial charge >= 0.3 is 6.09 Å². The first-order valence-corrected chi connectivity index (χ1v) is 5.01. The van der Waals surface area contributed by atoms with Crippen LogP contribution in [-0.4, -0.2) is 44.2 Å². The van der Waals surface area contributed by atoms with Crippen LogP contribution < -0.4 is 5.32 Å². The van der Waals surface area contributed by atoms with Crippen LogP contribution in [0.3, 0.4) is 0 Å². The van der Waals surface area contributed by atoms with Crippen molar-refractivity contribution in [3.8, 4) is 0 Å². The van der Waals surface area contributed by atoms with Gasteiger partial charge < -0.3 is 19.9 Å². The van der Waals surface area contributed by atoms with Gasteiger partial charge in [0, 0.05) is 12.5 Å². The van der Waals surface area contributed by atoms with Gasteiger partial charge in [0.1, 0.15) is 6.61 Å². The zero-order chi connectivity index (χ0) is 11.1. The van der Waals surface area contributed by atoms with Gasteiger partial charge in [-0.2, -0.15) is 0 Å². The van der Waals surface area contributed by atoms with Crippen molar-refractivity contribution < 1.29 is 19.4 Å². The molecule has 0 aromatic rings. The maximum Gasteiger partial charge on any atom is 0.407 e. The van der Waals surface area contributed by atoms with Crippen LogP contribution >= 0.6 is 0 Å². The summed E-state index contributed by atoms with van der Waals surface area (Å²) in [7, 11) is 0. The fourth-order valence-corrected chi connectivity index (χ4v) is 1.06.